The van der Waals surface area contributed by atoms with Crippen molar-refractivity contribution in [2.45, 2.75) is 20.3 Å². The topological polar surface area (TPSA) is 32.7 Å². The third-order valence-electron chi connectivity index (χ3n) is 4.62. The van der Waals surface area contributed by atoms with Crippen LogP contribution in [-0.4, -0.2) is 11.6 Å². The molecule has 0 N–H and O–H groups in total. The standard InChI is InChI=1S/C22H20N2OS/c1-15(2)16-6-5-7-17(11-10-16)23-21-19-8-3-4-9-20(19)24(22(21)25)18-12-13-26-14-18/h3-10,12-15H,11H2,1-2H3. The molecule has 4 rings (SSSR count). The highest BCUT2D eigenvalue weighted by atomic mass is 32.1. The van der Waals surface area contributed by atoms with E-state index in [9.17, 15) is 4.79 Å². The van der Waals surface area contributed by atoms with Crippen LogP contribution in [0.3, 0.4) is 0 Å². The number of thiophene rings is 1. The Balaban J connectivity index is 1.74. The lowest BCUT2D eigenvalue weighted by molar-refractivity contribution is -0.111. The van der Waals surface area contributed by atoms with Gasteiger partial charge in [0.05, 0.1) is 11.4 Å². The second kappa shape index (κ2) is 6.89. The number of benzene rings is 1. The number of hydrogen-bond acceptors (Lipinski definition) is 3. The number of allylic oxidation sites excluding steroid dienone is 5. The molecule has 0 atom stereocenters. The van der Waals surface area contributed by atoms with Gasteiger partial charge in [-0.25, -0.2) is 4.99 Å². The molecule has 0 saturated carbocycles. The lowest BCUT2D eigenvalue weighted by Crippen LogP contribution is -2.25. The van der Waals surface area contributed by atoms with Crippen molar-refractivity contribution in [3.63, 3.8) is 0 Å². The van der Waals surface area contributed by atoms with Gasteiger partial charge in [0.1, 0.15) is 5.71 Å². The summed E-state index contributed by atoms with van der Waals surface area (Å²) in [5, 5.41) is 3.97. The van der Waals surface area contributed by atoms with Gasteiger partial charge in [-0.1, -0.05) is 50.3 Å². The van der Waals surface area contributed by atoms with Crippen LogP contribution in [0.4, 0.5) is 11.4 Å². The molecule has 1 amide bonds. The van der Waals surface area contributed by atoms with E-state index < -0.39 is 0 Å². The normalized spacial score (nSPS) is 18.2. The minimum atomic E-state index is -0.0632. The van der Waals surface area contributed by atoms with Crippen LogP contribution in [0.2, 0.25) is 0 Å². The van der Waals surface area contributed by atoms with Gasteiger partial charge in [-0.05, 0) is 35.1 Å². The number of para-hydroxylation sites is 1. The summed E-state index contributed by atoms with van der Waals surface area (Å²) in [6, 6.07) is 9.83. The highest BCUT2D eigenvalue weighted by Crippen LogP contribution is 2.37. The fourth-order valence-electron chi connectivity index (χ4n) is 3.23. The van der Waals surface area contributed by atoms with Crippen molar-refractivity contribution in [2.75, 3.05) is 4.90 Å². The molecule has 0 radical (unpaired) electrons. The number of fused-ring (bicyclic) bond motifs is 1. The average molecular weight is 360 g/mol. The molecule has 0 spiro atoms. The average Bonchev–Trinajstić information content (AvgIpc) is 3.16. The summed E-state index contributed by atoms with van der Waals surface area (Å²) in [5.41, 5.74) is 5.42. The van der Waals surface area contributed by atoms with Gasteiger partial charge in [-0.3, -0.25) is 9.69 Å². The van der Waals surface area contributed by atoms with Crippen molar-refractivity contribution in [3.8, 4) is 0 Å². The van der Waals surface area contributed by atoms with Crippen molar-refractivity contribution in [2.24, 2.45) is 10.9 Å². The quantitative estimate of drug-likeness (QED) is 0.697. The summed E-state index contributed by atoms with van der Waals surface area (Å²) >= 11 is 1.58. The lowest BCUT2D eigenvalue weighted by atomic mass is 10.0. The number of rotatable bonds is 3. The van der Waals surface area contributed by atoms with Crippen molar-refractivity contribution < 1.29 is 4.79 Å². The molecule has 1 aromatic carbocycles. The Bertz CT molecular complexity index is 962. The minimum Gasteiger partial charge on any atom is -0.274 e. The Hall–Kier alpha value is -2.72. The maximum Gasteiger partial charge on any atom is 0.282 e. The monoisotopic (exact) mass is 360 g/mol. The van der Waals surface area contributed by atoms with Crippen LogP contribution in [0.5, 0.6) is 0 Å². The molecule has 0 fully saturated rings. The molecule has 0 saturated heterocycles. The SMILES string of the molecule is CC(C)C1=CCC(N=C2C(=O)N(c3ccsc3)c3ccccc32)=CC=C1. The molecule has 2 heterocycles. The van der Waals surface area contributed by atoms with Gasteiger partial charge in [0.25, 0.3) is 5.91 Å². The number of carbonyl (C=O) groups excluding carboxylic acids is 1. The van der Waals surface area contributed by atoms with Crippen molar-refractivity contribution in [1.29, 1.82) is 0 Å². The Morgan fingerprint density at radius 3 is 2.81 bits per heavy atom. The van der Waals surface area contributed by atoms with Gasteiger partial charge in [-0.2, -0.15) is 11.3 Å². The summed E-state index contributed by atoms with van der Waals surface area (Å²) in [6.45, 7) is 4.37. The van der Waals surface area contributed by atoms with Gasteiger partial charge < -0.3 is 0 Å². The van der Waals surface area contributed by atoms with E-state index in [2.05, 4.69) is 26.0 Å². The third kappa shape index (κ3) is 2.97. The van der Waals surface area contributed by atoms with E-state index >= 15 is 0 Å². The molecule has 2 aromatic rings. The Labute approximate surface area is 157 Å². The first-order valence-corrected chi connectivity index (χ1v) is 9.71. The summed E-state index contributed by atoms with van der Waals surface area (Å²) in [6.07, 6.45) is 9.09. The van der Waals surface area contributed by atoms with Gasteiger partial charge >= 0.3 is 0 Å². The molecule has 130 valence electrons. The molecular weight excluding hydrogens is 340 g/mol. The zero-order valence-corrected chi connectivity index (χ0v) is 15.7. The van der Waals surface area contributed by atoms with E-state index in [0.717, 1.165) is 29.1 Å². The fourth-order valence-corrected chi connectivity index (χ4v) is 3.85. The molecule has 1 aliphatic carbocycles. The smallest absolute Gasteiger partial charge is 0.274 e. The van der Waals surface area contributed by atoms with Gasteiger partial charge in [-0.15, -0.1) is 0 Å². The van der Waals surface area contributed by atoms with E-state index in [0.29, 0.717) is 11.6 Å². The summed E-state index contributed by atoms with van der Waals surface area (Å²) < 4.78 is 0. The van der Waals surface area contributed by atoms with Crippen LogP contribution >= 0.6 is 11.3 Å². The van der Waals surface area contributed by atoms with Gasteiger partial charge in [0.15, 0.2) is 0 Å². The van der Waals surface area contributed by atoms with Gasteiger partial charge in [0, 0.05) is 23.1 Å². The van der Waals surface area contributed by atoms with E-state index in [4.69, 9.17) is 4.99 Å². The number of carbonyl (C=O) groups is 1. The predicted molar refractivity (Wildman–Crippen MR) is 109 cm³/mol. The van der Waals surface area contributed by atoms with E-state index in [1.807, 2.05) is 53.2 Å². The van der Waals surface area contributed by atoms with Crippen LogP contribution in [0, 0.1) is 5.92 Å². The number of anilines is 2. The van der Waals surface area contributed by atoms with E-state index in [1.54, 1.807) is 16.2 Å². The first-order valence-electron chi connectivity index (χ1n) is 8.77. The molecule has 3 nitrogen and oxygen atoms in total. The summed E-state index contributed by atoms with van der Waals surface area (Å²) in [4.78, 5) is 19.7. The highest BCUT2D eigenvalue weighted by molar-refractivity contribution is 7.08. The van der Waals surface area contributed by atoms with Gasteiger partial charge in [0.2, 0.25) is 0 Å². The second-order valence-corrected chi connectivity index (χ2v) is 7.46. The molecule has 2 aliphatic rings. The highest BCUT2D eigenvalue weighted by Gasteiger charge is 2.35. The zero-order valence-electron chi connectivity index (χ0n) is 14.8. The number of hydrogen-bond donors (Lipinski definition) is 0. The third-order valence-corrected chi connectivity index (χ3v) is 5.29. The first kappa shape index (κ1) is 16.7. The number of aliphatic imine (C=N–C) groups is 1. The maximum absolute atomic E-state index is 13.1. The summed E-state index contributed by atoms with van der Waals surface area (Å²) in [5.74, 6) is 0.418. The summed E-state index contributed by atoms with van der Waals surface area (Å²) in [7, 11) is 0. The zero-order chi connectivity index (χ0) is 18.1. The van der Waals surface area contributed by atoms with Crippen LogP contribution in [0.25, 0.3) is 0 Å². The van der Waals surface area contributed by atoms with Crippen LogP contribution in [-0.2, 0) is 4.79 Å². The van der Waals surface area contributed by atoms with E-state index in [-0.39, 0.29) is 5.91 Å². The van der Waals surface area contributed by atoms with Crippen molar-refractivity contribution in [3.05, 3.63) is 82.2 Å². The largest absolute Gasteiger partial charge is 0.282 e. The maximum atomic E-state index is 13.1. The molecular formula is C22H20N2OS. The Kier molecular flexibility index (Phi) is 4.43. The molecule has 1 aromatic heterocycles. The van der Waals surface area contributed by atoms with Crippen LogP contribution in [0.1, 0.15) is 25.8 Å². The predicted octanol–water partition coefficient (Wildman–Crippen LogP) is 5.64. The fraction of sp³-hybridized carbons (Fsp3) is 0.182. The Morgan fingerprint density at radius 1 is 1.19 bits per heavy atom. The minimum absolute atomic E-state index is 0.0632. The van der Waals surface area contributed by atoms with Crippen LogP contribution < -0.4 is 4.90 Å². The number of amides is 1. The number of nitrogens with zero attached hydrogens (tertiary/aromatic N) is 2. The molecule has 0 bridgehead atoms. The first-order chi connectivity index (χ1) is 12.6. The van der Waals surface area contributed by atoms with Crippen molar-refractivity contribution in [1.82, 2.24) is 0 Å². The van der Waals surface area contributed by atoms with E-state index in [1.165, 1.54) is 5.57 Å². The molecule has 26 heavy (non-hydrogen) atoms. The van der Waals surface area contributed by atoms with Crippen LogP contribution in [0.15, 0.2) is 81.7 Å². The van der Waals surface area contributed by atoms with Crippen molar-refractivity contribution >= 4 is 34.3 Å². The lowest BCUT2D eigenvalue weighted by Gasteiger charge is -2.14. The molecule has 4 heteroatoms. The molecule has 0 unspecified atom stereocenters. The molecule has 1 aliphatic heterocycles. The second-order valence-electron chi connectivity index (χ2n) is 6.68. The Morgan fingerprint density at radius 2 is 2.04 bits per heavy atom.